The quantitative estimate of drug-likeness (QED) is 0.765. The van der Waals surface area contributed by atoms with Crippen LogP contribution in [0.25, 0.3) is 0 Å². The maximum atomic E-state index is 8.66. The van der Waals surface area contributed by atoms with Crippen LogP contribution in [0.2, 0.25) is 0 Å². The third-order valence-electron chi connectivity index (χ3n) is 1.91. The molecule has 1 nitrogen and oxygen atoms in total. The van der Waals surface area contributed by atoms with E-state index in [2.05, 4.69) is 6.92 Å². The molecule has 51 valence electrons. The van der Waals surface area contributed by atoms with Gasteiger partial charge in [0.2, 0.25) is 0 Å². The first-order valence-electron chi connectivity index (χ1n) is 3.31. The molecule has 0 aromatic carbocycles. The van der Waals surface area contributed by atoms with Crippen LogP contribution in [0.1, 0.15) is 32.6 Å². The maximum Gasteiger partial charge on any atom is 0 e. The summed E-state index contributed by atoms with van der Waals surface area (Å²) >= 11 is 0. The van der Waals surface area contributed by atoms with E-state index in [4.69, 9.17) is 5.11 Å². The molecule has 0 atom stereocenters. The Balaban J connectivity index is 0.000000640. The van der Waals surface area contributed by atoms with Crippen LogP contribution < -0.4 is 0 Å². The van der Waals surface area contributed by atoms with E-state index >= 15 is 0 Å². The molecular weight excluding hydrogens is 241 g/mol. The summed E-state index contributed by atoms with van der Waals surface area (Å²) in [6.07, 6.45) is 4.77. The zero-order valence-corrected chi connectivity index (χ0v) is 9.63. The van der Waals surface area contributed by atoms with Crippen molar-refractivity contribution in [1.82, 2.24) is 0 Å². The molecule has 0 bridgehead atoms. The van der Waals surface area contributed by atoms with Gasteiger partial charge >= 0.3 is 0 Å². The summed E-state index contributed by atoms with van der Waals surface area (Å²) in [5.41, 5.74) is 0.273. The number of rotatable bonds is 3. The normalized spacial score (nSPS) is 20.7. The van der Waals surface area contributed by atoms with Crippen molar-refractivity contribution in [3.05, 3.63) is 6.61 Å². The van der Waals surface area contributed by atoms with E-state index in [1.54, 1.807) is 0 Å². The van der Waals surface area contributed by atoms with E-state index in [-0.39, 0.29) is 46.7 Å². The van der Waals surface area contributed by atoms with Crippen LogP contribution >= 0.6 is 0 Å². The predicted octanol–water partition coefficient (Wildman–Crippen LogP) is 2.10. The molecule has 0 aromatic rings. The molecule has 2 heteroatoms. The molecule has 1 saturated carbocycles. The average Bonchev–Trinajstić information content (AvgIpc) is 2.50. The molecule has 1 rings (SSSR count). The van der Waals surface area contributed by atoms with Crippen LogP contribution in [0.3, 0.4) is 0 Å². The van der Waals surface area contributed by atoms with Crippen LogP contribution in [0.4, 0.5) is 0 Å². The SMILES string of the molecule is CCCC1([CH-]O)CC1.[Pr]. The number of aliphatic hydroxyl groups is 1. The van der Waals surface area contributed by atoms with Gasteiger partial charge in [-0.05, 0) is 0 Å². The molecule has 0 aromatic heterocycles. The fraction of sp³-hybridized carbons (Fsp3) is 0.857. The van der Waals surface area contributed by atoms with E-state index in [1.165, 1.54) is 32.3 Å². The number of hydrogen-bond donors (Lipinski definition) is 1. The van der Waals surface area contributed by atoms with Gasteiger partial charge in [-0.3, -0.25) is 0 Å². The monoisotopic (exact) mass is 254 g/mol. The number of aliphatic hydroxyl groups excluding tert-OH is 1. The minimum Gasteiger partial charge on any atom is -0.565 e. The fourth-order valence-electron chi connectivity index (χ4n) is 1.10. The first-order chi connectivity index (χ1) is 3.83. The van der Waals surface area contributed by atoms with Crippen LogP contribution in [0, 0.1) is 53.3 Å². The fourth-order valence-corrected chi connectivity index (χ4v) is 1.10. The molecule has 0 heterocycles. The topological polar surface area (TPSA) is 20.2 Å². The average molecular weight is 254 g/mol. The maximum absolute atomic E-state index is 8.66. The Bertz CT molecular complexity index is 79.0. The second-order valence-electron chi connectivity index (χ2n) is 2.74. The largest absolute Gasteiger partial charge is 0.565 e. The summed E-state index contributed by atoms with van der Waals surface area (Å²) in [4.78, 5) is 0. The Morgan fingerprint density at radius 1 is 1.56 bits per heavy atom. The molecule has 1 aliphatic carbocycles. The van der Waals surface area contributed by atoms with Gasteiger partial charge in [0.25, 0.3) is 0 Å². The minimum absolute atomic E-state index is 0. The van der Waals surface area contributed by atoms with Crippen LogP contribution in [0.5, 0.6) is 0 Å². The van der Waals surface area contributed by atoms with Crippen molar-refractivity contribution in [1.29, 1.82) is 0 Å². The Morgan fingerprint density at radius 3 is 2.22 bits per heavy atom. The second-order valence-corrected chi connectivity index (χ2v) is 2.74. The van der Waals surface area contributed by atoms with Gasteiger partial charge in [0.15, 0.2) is 0 Å². The minimum atomic E-state index is 0. The van der Waals surface area contributed by atoms with Gasteiger partial charge in [-0.2, -0.15) is 0 Å². The van der Waals surface area contributed by atoms with Gasteiger partial charge in [-0.15, -0.1) is 5.41 Å². The molecule has 1 N–H and O–H groups in total. The molecule has 1 aliphatic rings. The van der Waals surface area contributed by atoms with Crippen molar-refractivity contribution in [3.8, 4) is 0 Å². The van der Waals surface area contributed by atoms with Crippen molar-refractivity contribution in [3.63, 3.8) is 0 Å². The zero-order valence-electron chi connectivity index (χ0n) is 5.93. The summed E-state index contributed by atoms with van der Waals surface area (Å²) in [6, 6.07) is 0. The van der Waals surface area contributed by atoms with Gasteiger partial charge in [0.1, 0.15) is 0 Å². The van der Waals surface area contributed by atoms with Crippen molar-refractivity contribution in [2.24, 2.45) is 5.41 Å². The Labute approximate surface area is 90.2 Å². The molecular formula is C7H13OPr-. The smallest absolute Gasteiger partial charge is 0 e. The zero-order chi connectivity index (χ0) is 6.04. The summed E-state index contributed by atoms with van der Waals surface area (Å²) in [7, 11) is 0. The van der Waals surface area contributed by atoms with E-state index in [1.807, 2.05) is 0 Å². The van der Waals surface area contributed by atoms with Gasteiger partial charge < -0.3 is 5.11 Å². The van der Waals surface area contributed by atoms with E-state index in [9.17, 15) is 0 Å². The summed E-state index contributed by atoms with van der Waals surface area (Å²) in [5, 5.41) is 8.66. The molecule has 1 fully saturated rings. The third-order valence-corrected chi connectivity index (χ3v) is 1.91. The summed E-state index contributed by atoms with van der Waals surface area (Å²) in [6.45, 7) is 3.54. The van der Waals surface area contributed by atoms with Gasteiger partial charge in [-0.1, -0.05) is 32.6 Å². The van der Waals surface area contributed by atoms with Crippen molar-refractivity contribution >= 4 is 0 Å². The number of hydrogen-bond acceptors (Lipinski definition) is 1. The van der Waals surface area contributed by atoms with E-state index in [0.717, 1.165) is 0 Å². The Morgan fingerprint density at radius 2 is 2.11 bits per heavy atom. The first kappa shape index (κ1) is 10.3. The summed E-state index contributed by atoms with van der Waals surface area (Å²) in [5.74, 6) is 0. The third kappa shape index (κ3) is 2.82. The van der Waals surface area contributed by atoms with Crippen molar-refractivity contribution in [2.75, 3.05) is 0 Å². The summed E-state index contributed by atoms with van der Waals surface area (Å²) < 4.78 is 0. The van der Waals surface area contributed by atoms with Gasteiger partial charge in [0.05, 0.1) is 0 Å². The molecule has 0 aliphatic heterocycles. The van der Waals surface area contributed by atoms with E-state index in [0.29, 0.717) is 0 Å². The van der Waals surface area contributed by atoms with Crippen LogP contribution in [-0.2, 0) is 0 Å². The molecule has 0 unspecified atom stereocenters. The van der Waals surface area contributed by atoms with Gasteiger partial charge in [-0.25, -0.2) is 6.61 Å². The van der Waals surface area contributed by atoms with E-state index < -0.39 is 0 Å². The van der Waals surface area contributed by atoms with Crippen LogP contribution in [-0.4, -0.2) is 5.11 Å². The van der Waals surface area contributed by atoms with Crippen LogP contribution in [0.15, 0.2) is 0 Å². The molecule has 9 heavy (non-hydrogen) atoms. The first-order valence-corrected chi connectivity index (χ1v) is 3.31. The Kier molecular flexibility index (Phi) is 4.88. The van der Waals surface area contributed by atoms with Crippen molar-refractivity contribution < 1.29 is 46.4 Å². The van der Waals surface area contributed by atoms with Gasteiger partial charge in [0, 0.05) is 41.3 Å². The molecule has 0 spiro atoms. The molecule has 1 radical (unpaired) electrons. The molecule has 0 amide bonds. The second kappa shape index (κ2) is 4.25. The predicted molar refractivity (Wildman–Crippen MR) is 32.8 cm³/mol. The Hall–Kier alpha value is 1.32. The van der Waals surface area contributed by atoms with Crippen molar-refractivity contribution in [2.45, 2.75) is 32.6 Å². The molecule has 0 saturated heterocycles. The standard InChI is InChI=1S/C7H13O.Pr/c1-2-3-7(6-8)4-5-7;/h6,8H,2-5H2,1H3;/q-1;.